The second-order valence-corrected chi connectivity index (χ2v) is 7.54. The molecule has 4 rings (SSSR count). The second-order valence-electron chi connectivity index (χ2n) is 7.54. The summed E-state index contributed by atoms with van der Waals surface area (Å²) in [6.45, 7) is 4.18. The molecule has 22 heavy (non-hydrogen) atoms. The zero-order chi connectivity index (χ0) is 15.2. The zero-order valence-corrected chi connectivity index (χ0v) is 13.0. The summed E-state index contributed by atoms with van der Waals surface area (Å²) >= 11 is 0. The van der Waals surface area contributed by atoms with E-state index in [0.717, 1.165) is 30.5 Å². The molecule has 2 aliphatic rings. The maximum absolute atomic E-state index is 11.7. The van der Waals surface area contributed by atoms with Gasteiger partial charge in [0.25, 0.3) is 0 Å². The van der Waals surface area contributed by atoms with Crippen molar-refractivity contribution in [3.63, 3.8) is 0 Å². The van der Waals surface area contributed by atoms with Crippen molar-refractivity contribution < 1.29 is 4.79 Å². The molecule has 1 aliphatic carbocycles. The summed E-state index contributed by atoms with van der Waals surface area (Å²) < 4.78 is 2.25. The maximum atomic E-state index is 11.7. The number of amides is 1. The summed E-state index contributed by atoms with van der Waals surface area (Å²) in [7, 11) is 0. The van der Waals surface area contributed by atoms with E-state index in [4.69, 9.17) is 0 Å². The monoisotopic (exact) mass is 298 g/mol. The quantitative estimate of drug-likeness (QED) is 0.926. The fourth-order valence-corrected chi connectivity index (χ4v) is 4.63. The highest BCUT2D eigenvalue weighted by Crippen LogP contribution is 2.50. The number of hydrogen-bond acceptors (Lipinski definition) is 3. The van der Waals surface area contributed by atoms with Crippen molar-refractivity contribution in [1.29, 1.82) is 0 Å². The van der Waals surface area contributed by atoms with Gasteiger partial charge in [-0.05, 0) is 36.2 Å². The van der Waals surface area contributed by atoms with Gasteiger partial charge in [-0.15, -0.1) is 0 Å². The van der Waals surface area contributed by atoms with Crippen molar-refractivity contribution in [2.45, 2.75) is 45.6 Å². The van der Waals surface area contributed by atoms with Crippen LogP contribution in [0.1, 0.15) is 39.0 Å². The molecule has 2 aromatic rings. The molecule has 1 saturated heterocycles. The van der Waals surface area contributed by atoms with Crippen molar-refractivity contribution in [2.75, 3.05) is 6.54 Å². The maximum Gasteiger partial charge on any atom is 0.220 e. The normalized spacial score (nSPS) is 31.8. The van der Waals surface area contributed by atoms with Gasteiger partial charge in [-0.1, -0.05) is 13.3 Å². The molecule has 0 aromatic carbocycles. The third-order valence-corrected chi connectivity index (χ3v) is 5.46. The van der Waals surface area contributed by atoms with Crippen LogP contribution in [0, 0.1) is 10.8 Å². The molecule has 3 heterocycles. The fourth-order valence-electron chi connectivity index (χ4n) is 4.63. The number of nitrogens with one attached hydrogen (secondary N) is 1. The van der Waals surface area contributed by atoms with Crippen molar-refractivity contribution >= 4 is 16.9 Å². The van der Waals surface area contributed by atoms with E-state index in [0.29, 0.717) is 6.42 Å². The topological polar surface area (TPSA) is 59.8 Å². The Morgan fingerprint density at radius 2 is 2.32 bits per heavy atom. The first-order chi connectivity index (χ1) is 10.6. The third-order valence-electron chi connectivity index (χ3n) is 5.46. The minimum Gasteiger partial charge on any atom is -0.356 e. The molecule has 0 bridgehead atoms. The van der Waals surface area contributed by atoms with E-state index in [2.05, 4.69) is 39.0 Å². The Balaban J connectivity index is 1.60. The first-order valence-electron chi connectivity index (χ1n) is 8.09. The predicted octanol–water partition coefficient (Wildman–Crippen LogP) is 2.52. The van der Waals surface area contributed by atoms with Crippen molar-refractivity contribution in [3.8, 4) is 0 Å². The number of nitrogens with zero attached hydrogens (tertiary/aromatic N) is 3. The number of carbonyl (C=O) groups is 1. The van der Waals surface area contributed by atoms with Crippen LogP contribution in [0.4, 0.5) is 0 Å². The zero-order valence-electron chi connectivity index (χ0n) is 13.0. The average Bonchev–Trinajstić information content (AvgIpc) is 3.03. The van der Waals surface area contributed by atoms with E-state index in [1.54, 1.807) is 6.33 Å². The summed E-state index contributed by atoms with van der Waals surface area (Å²) in [4.78, 5) is 20.2. The van der Waals surface area contributed by atoms with E-state index in [9.17, 15) is 4.79 Å². The largest absolute Gasteiger partial charge is 0.356 e. The number of carbonyl (C=O) groups excluding carboxylic acids is 1. The highest BCUT2D eigenvalue weighted by Gasteiger charge is 2.46. The van der Waals surface area contributed by atoms with Gasteiger partial charge in [0.1, 0.15) is 12.0 Å². The average molecular weight is 298 g/mol. The Bertz CT molecular complexity index is 724. The van der Waals surface area contributed by atoms with Gasteiger partial charge in [0.15, 0.2) is 0 Å². The lowest BCUT2D eigenvalue weighted by Gasteiger charge is -2.44. The number of hydrogen-bond donors (Lipinski definition) is 1. The predicted molar refractivity (Wildman–Crippen MR) is 84.2 cm³/mol. The van der Waals surface area contributed by atoms with Gasteiger partial charge in [-0.25, -0.2) is 9.97 Å². The molecular formula is C17H22N4O. The number of aromatic nitrogens is 3. The van der Waals surface area contributed by atoms with E-state index in [1.807, 2.05) is 6.20 Å². The molecule has 1 spiro atoms. The molecule has 2 fully saturated rings. The van der Waals surface area contributed by atoms with Crippen LogP contribution < -0.4 is 5.32 Å². The van der Waals surface area contributed by atoms with Crippen LogP contribution in [-0.2, 0) is 11.3 Å². The Labute approximate surface area is 130 Å². The van der Waals surface area contributed by atoms with Gasteiger partial charge < -0.3 is 9.88 Å². The van der Waals surface area contributed by atoms with Gasteiger partial charge in [0.05, 0.1) is 0 Å². The first-order valence-corrected chi connectivity index (χ1v) is 8.09. The summed E-state index contributed by atoms with van der Waals surface area (Å²) in [6, 6.07) is 2.08. The minimum atomic E-state index is 0.183. The van der Waals surface area contributed by atoms with E-state index in [1.165, 1.54) is 19.3 Å². The van der Waals surface area contributed by atoms with Gasteiger partial charge in [0, 0.05) is 37.3 Å². The minimum absolute atomic E-state index is 0.183. The summed E-state index contributed by atoms with van der Waals surface area (Å²) in [5.41, 5.74) is 1.42. The Morgan fingerprint density at radius 1 is 1.41 bits per heavy atom. The third kappa shape index (κ3) is 2.28. The molecular weight excluding hydrogens is 276 g/mol. The van der Waals surface area contributed by atoms with Crippen LogP contribution in [0.15, 0.2) is 24.8 Å². The van der Waals surface area contributed by atoms with Crippen LogP contribution in [0.25, 0.3) is 11.0 Å². The molecule has 2 aromatic heterocycles. The molecule has 5 heteroatoms. The molecule has 1 saturated carbocycles. The first kappa shape index (κ1) is 13.7. The highest BCUT2D eigenvalue weighted by atomic mass is 16.1. The van der Waals surface area contributed by atoms with E-state index >= 15 is 0 Å². The summed E-state index contributed by atoms with van der Waals surface area (Å²) in [5.74, 6) is 0.225. The number of rotatable bonds is 2. The molecule has 1 unspecified atom stereocenters. The smallest absolute Gasteiger partial charge is 0.220 e. The van der Waals surface area contributed by atoms with E-state index < -0.39 is 0 Å². The Morgan fingerprint density at radius 3 is 3.14 bits per heavy atom. The van der Waals surface area contributed by atoms with Crippen LogP contribution in [0.5, 0.6) is 0 Å². The van der Waals surface area contributed by atoms with Crippen molar-refractivity contribution in [2.24, 2.45) is 10.8 Å². The Kier molecular flexibility index (Phi) is 2.99. The van der Waals surface area contributed by atoms with Crippen LogP contribution >= 0.6 is 0 Å². The Hall–Kier alpha value is -1.91. The molecule has 1 amide bonds. The van der Waals surface area contributed by atoms with Gasteiger partial charge in [-0.3, -0.25) is 4.79 Å². The standard InChI is InChI=1S/C17H22N4O/c1-16(4-2-5-17(9-16)7-14(22)19-10-17)11-21-6-3-13-8-18-12-20-15(13)21/h3,6,8,12H,2,4-5,7,9-11H2,1H3,(H,19,22)/t16-,17?/m0/s1. The lowest BCUT2D eigenvalue weighted by atomic mass is 9.62. The van der Waals surface area contributed by atoms with Crippen molar-refractivity contribution in [3.05, 3.63) is 24.8 Å². The lowest BCUT2D eigenvalue weighted by Crippen LogP contribution is -2.38. The summed E-state index contributed by atoms with van der Waals surface area (Å²) in [6.07, 6.45) is 11.0. The van der Waals surface area contributed by atoms with Crippen LogP contribution in [0.3, 0.4) is 0 Å². The molecule has 2 atom stereocenters. The van der Waals surface area contributed by atoms with Gasteiger partial charge in [0.2, 0.25) is 5.91 Å². The number of fused-ring (bicyclic) bond motifs is 1. The van der Waals surface area contributed by atoms with Gasteiger partial charge in [-0.2, -0.15) is 0 Å². The van der Waals surface area contributed by atoms with Crippen molar-refractivity contribution in [1.82, 2.24) is 19.9 Å². The van der Waals surface area contributed by atoms with Crippen LogP contribution in [-0.4, -0.2) is 27.0 Å². The molecule has 1 N–H and O–H groups in total. The summed E-state index contributed by atoms with van der Waals surface area (Å²) in [5, 5.41) is 4.13. The van der Waals surface area contributed by atoms with Gasteiger partial charge >= 0.3 is 0 Å². The molecule has 1 aliphatic heterocycles. The lowest BCUT2D eigenvalue weighted by molar-refractivity contribution is -0.120. The van der Waals surface area contributed by atoms with E-state index in [-0.39, 0.29) is 16.7 Å². The SMILES string of the molecule is C[C@]1(Cn2ccc3cncnc32)CCCC2(CNC(=O)C2)C1. The molecule has 0 radical (unpaired) electrons. The molecule has 5 nitrogen and oxygen atoms in total. The second kappa shape index (κ2) is 4.80. The molecule has 116 valence electrons. The van der Waals surface area contributed by atoms with Crippen LogP contribution in [0.2, 0.25) is 0 Å². The highest BCUT2D eigenvalue weighted by molar-refractivity contribution is 5.79. The fraction of sp³-hybridized carbons (Fsp3) is 0.588.